The van der Waals surface area contributed by atoms with Crippen molar-refractivity contribution in [3.63, 3.8) is 0 Å². The van der Waals surface area contributed by atoms with Gasteiger partial charge in [-0.05, 0) is 37.0 Å². The summed E-state index contributed by atoms with van der Waals surface area (Å²) in [6.07, 6.45) is 0. The molecule has 0 spiro atoms. The molecule has 0 radical (unpaired) electrons. The van der Waals surface area contributed by atoms with E-state index in [1.54, 1.807) is 12.1 Å². The molecule has 20 heavy (non-hydrogen) atoms. The van der Waals surface area contributed by atoms with Gasteiger partial charge in [-0.3, -0.25) is 0 Å². The van der Waals surface area contributed by atoms with Crippen molar-refractivity contribution in [1.82, 2.24) is 0 Å². The van der Waals surface area contributed by atoms with Crippen LogP contribution in [0.4, 0.5) is 5.69 Å². The number of benzene rings is 1. The molecule has 2 rings (SSSR count). The number of ether oxygens (including phenoxy) is 2. The van der Waals surface area contributed by atoms with E-state index in [0.29, 0.717) is 5.75 Å². The van der Waals surface area contributed by atoms with Crippen molar-refractivity contribution in [3.05, 3.63) is 23.8 Å². The van der Waals surface area contributed by atoms with Crippen LogP contribution in [0.2, 0.25) is 0 Å². The average molecular weight is 283 g/mol. The van der Waals surface area contributed by atoms with E-state index in [9.17, 15) is 0 Å². The van der Waals surface area contributed by atoms with Gasteiger partial charge in [0.2, 0.25) is 0 Å². The van der Waals surface area contributed by atoms with Crippen LogP contribution in [0.15, 0.2) is 18.2 Å². The highest BCUT2D eigenvalue weighted by Gasteiger charge is 2.32. The number of anilines is 1. The van der Waals surface area contributed by atoms with Gasteiger partial charge in [-0.25, -0.2) is 0 Å². The second-order valence-corrected chi connectivity index (χ2v) is 6.45. The zero-order valence-electron chi connectivity index (χ0n) is 19.0. The molecule has 0 aliphatic carbocycles. The molecule has 0 aromatic heterocycles. The maximum Gasteiger partial charge on any atom is 0.142 e. The Balaban J connectivity index is 2.74. The number of methoxy groups -OCH3 is 1. The van der Waals surface area contributed by atoms with E-state index in [1.807, 2.05) is 26.8 Å². The van der Waals surface area contributed by atoms with Crippen LogP contribution in [0.25, 0.3) is 0 Å². The van der Waals surface area contributed by atoms with Gasteiger partial charge in [0, 0.05) is 6.50 Å². The second-order valence-electron chi connectivity index (χ2n) is 6.45. The van der Waals surface area contributed by atoms with Crippen molar-refractivity contribution in [1.29, 1.82) is 0 Å². The molecule has 1 heterocycles. The molecule has 1 aromatic rings. The van der Waals surface area contributed by atoms with Crippen LogP contribution in [-0.4, -0.2) is 32.3 Å². The van der Waals surface area contributed by atoms with Crippen molar-refractivity contribution in [2.24, 2.45) is 0 Å². The minimum absolute atomic E-state index is 0.158. The lowest BCUT2D eigenvalue weighted by molar-refractivity contribution is 0.0641. The first-order chi connectivity index (χ1) is 11.5. The van der Waals surface area contributed by atoms with Crippen molar-refractivity contribution >= 4 is 5.69 Å². The molecule has 1 aromatic carbocycles. The predicted molar refractivity (Wildman–Crippen MR) is 83.9 cm³/mol. The third kappa shape index (κ3) is 2.93. The van der Waals surface area contributed by atoms with E-state index >= 15 is 0 Å². The standard InChI is InChI=1S/C17H27NO2/c1-16(2,3)13-7-8-14(15(11-13)19-6)18-9-10-20-12-17(18,4)5/h7-8,11H,9-10,12H2,1-6H3/i9D2,10D2,12D2. The molecular formula is C17H27NO2. The molecule has 0 N–H and O–H groups in total. The lowest BCUT2D eigenvalue weighted by atomic mass is 9.86. The fourth-order valence-corrected chi connectivity index (χ4v) is 2.09. The molecule has 0 atom stereocenters. The largest absolute Gasteiger partial charge is 0.495 e. The van der Waals surface area contributed by atoms with E-state index in [4.69, 9.17) is 17.7 Å². The van der Waals surface area contributed by atoms with Crippen LogP contribution in [-0.2, 0) is 10.2 Å². The summed E-state index contributed by atoms with van der Waals surface area (Å²) in [6, 6.07) is 5.25. The maximum atomic E-state index is 8.37. The van der Waals surface area contributed by atoms with Crippen LogP contribution >= 0.6 is 0 Å². The van der Waals surface area contributed by atoms with Gasteiger partial charge in [0.15, 0.2) is 0 Å². The van der Waals surface area contributed by atoms with E-state index < -0.39 is 25.2 Å². The molecule has 3 heteroatoms. The highest BCUT2D eigenvalue weighted by Crippen LogP contribution is 2.37. The molecule has 1 aliphatic rings. The van der Waals surface area contributed by atoms with E-state index in [1.165, 1.54) is 21.0 Å². The number of hydrogen-bond acceptors (Lipinski definition) is 3. The van der Waals surface area contributed by atoms with Gasteiger partial charge >= 0.3 is 0 Å². The van der Waals surface area contributed by atoms with Crippen molar-refractivity contribution in [2.75, 3.05) is 31.6 Å². The van der Waals surface area contributed by atoms with Gasteiger partial charge in [0.1, 0.15) is 5.75 Å². The Morgan fingerprint density at radius 1 is 1.35 bits per heavy atom. The van der Waals surface area contributed by atoms with Crippen molar-refractivity contribution < 1.29 is 17.7 Å². The first-order valence-electron chi connectivity index (χ1n) is 9.68. The van der Waals surface area contributed by atoms with Gasteiger partial charge in [0.25, 0.3) is 0 Å². The van der Waals surface area contributed by atoms with Crippen LogP contribution in [0.5, 0.6) is 5.75 Å². The van der Waals surface area contributed by atoms with Crippen molar-refractivity contribution in [3.8, 4) is 5.75 Å². The summed E-state index contributed by atoms with van der Waals surface area (Å²) in [5.41, 5.74) is -0.421. The molecule has 1 saturated heterocycles. The lowest BCUT2D eigenvalue weighted by Gasteiger charge is -2.44. The van der Waals surface area contributed by atoms with Crippen LogP contribution in [0, 0.1) is 0 Å². The van der Waals surface area contributed by atoms with Gasteiger partial charge in [-0.1, -0.05) is 26.8 Å². The van der Waals surface area contributed by atoms with Crippen LogP contribution in [0.1, 0.15) is 48.4 Å². The van der Waals surface area contributed by atoms with Crippen molar-refractivity contribution in [2.45, 2.75) is 45.6 Å². The first kappa shape index (κ1) is 8.93. The zero-order chi connectivity index (χ0) is 20.3. The molecule has 112 valence electrons. The Bertz CT molecular complexity index is 671. The minimum Gasteiger partial charge on any atom is -0.495 e. The average Bonchev–Trinajstić information content (AvgIpc) is 2.43. The lowest BCUT2D eigenvalue weighted by Crippen LogP contribution is -2.53. The SMILES string of the molecule is [2H]C1([2H])OC([2H])([2H])C(C)(C)N(c2ccc(C(C)(C)C)cc2OC)C1([2H])[2H]. The van der Waals surface area contributed by atoms with Gasteiger partial charge in [0.05, 0.1) is 39.7 Å². The molecular weight excluding hydrogens is 250 g/mol. The van der Waals surface area contributed by atoms with E-state index in [2.05, 4.69) is 0 Å². The number of morpholine rings is 1. The van der Waals surface area contributed by atoms with Crippen LogP contribution < -0.4 is 9.64 Å². The maximum absolute atomic E-state index is 8.37. The third-order valence-electron chi connectivity index (χ3n) is 3.35. The smallest absolute Gasteiger partial charge is 0.142 e. The molecule has 0 unspecified atom stereocenters. The normalized spacial score (nSPS) is 31.0. The van der Waals surface area contributed by atoms with Gasteiger partial charge in [-0.2, -0.15) is 0 Å². The highest BCUT2D eigenvalue weighted by molar-refractivity contribution is 5.62. The monoisotopic (exact) mass is 283 g/mol. The summed E-state index contributed by atoms with van der Waals surface area (Å²) < 4.78 is 59.4. The zero-order valence-corrected chi connectivity index (χ0v) is 13.0. The summed E-state index contributed by atoms with van der Waals surface area (Å²) >= 11 is 0. The summed E-state index contributed by atoms with van der Waals surface area (Å²) in [5.74, 6) is 0.350. The fourth-order valence-electron chi connectivity index (χ4n) is 2.09. The quantitative estimate of drug-likeness (QED) is 0.827. The fraction of sp³-hybridized carbons (Fsp3) is 0.647. The van der Waals surface area contributed by atoms with Crippen LogP contribution in [0.3, 0.4) is 0 Å². The van der Waals surface area contributed by atoms with Gasteiger partial charge < -0.3 is 14.4 Å². The minimum atomic E-state index is -2.86. The summed E-state index contributed by atoms with van der Waals surface area (Å²) in [7, 11) is 1.46. The highest BCUT2D eigenvalue weighted by atomic mass is 16.5. The number of hydrogen-bond donors (Lipinski definition) is 0. The number of rotatable bonds is 2. The molecule has 1 fully saturated rings. The van der Waals surface area contributed by atoms with Gasteiger partial charge in [-0.15, -0.1) is 0 Å². The second kappa shape index (κ2) is 5.28. The Kier molecular flexibility index (Phi) is 2.36. The Morgan fingerprint density at radius 3 is 2.65 bits per heavy atom. The summed E-state index contributed by atoms with van der Waals surface area (Å²) in [6.45, 7) is 1.16. The van der Waals surface area contributed by atoms with E-state index in [0.717, 1.165) is 10.5 Å². The topological polar surface area (TPSA) is 21.7 Å². The Morgan fingerprint density at radius 2 is 2.05 bits per heavy atom. The molecule has 0 amide bonds. The van der Waals surface area contributed by atoms with E-state index in [-0.39, 0.29) is 11.1 Å². The summed E-state index contributed by atoms with van der Waals surface area (Å²) in [4.78, 5) is 1.09. The molecule has 3 nitrogen and oxygen atoms in total. The molecule has 0 bridgehead atoms. The molecule has 1 aliphatic heterocycles. The predicted octanol–water partition coefficient (Wildman–Crippen LogP) is 3.61. The Hall–Kier alpha value is -1.22. The molecule has 0 saturated carbocycles. The number of nitrogens with zero attached hydrogens (tertiary/aromatic N) is 1. The first-order valence-corrected chi connectivity index (χ1v) is 6.68. The Labute approximate surface area is 131 Å². The summed E-state index contributed by atoms with van der Waals surface area (Å²) in [5, 5.41) is 0. The third-order valence-corrected chi connectivity index (χ3v) is 3.35.